The van der Waals surface area contributed by atoms with E-state index >= 15 is 0 Å². The van der Waals surface area contributed by atoms with Crippen LogP contribution in [0.1, 0.15) is 30.0 Å². The Hall–Kier alpha value is -1.09. The largest absolute Gasteiger partial charge is 0.266 e. The molecule has 0 atom stereocenters. The lowest BCUT2D eigenvalue weighted by atomic mass is 10.1. The van der Waals surface area contributed by atoms with Crippen LogP contribution >= 0.6 is 15.9 Å². The van der Waals surface area contributed by atoms with Gasteiger partial charge in [0.15, 0.2) is 0 Å². The molecule has 1 aliphatic rings. The Morgan fingerprint density at radius 2 is 1.88 bits per heavy atom. The van der Waals surface area contributed by atoms with Gasteiger partial charge in [-0.1, -0.05) is 29.8 Å². The van der Waals surface area contributed by atoms with Crippen molar-refractivity contribution >= 4 is 15.9 Å². The highest BCUT2D eigenvalue weighted by atomic mass is 79.9. The highest BCUT2D eigenvalue weighted by Gasteiger charge is 2.30. The summed E-state index contributed by atoms with van der Waals surface area (Å²) in [5.41, 5.74) is 4.92. The molecular weight excluding hydrogens is 276 g/mol. The zero-order valence-corrected chi connectivity index (χ0v) is 11.7. The molecule has 3 heteroatoms. The summed E-state index contributed by atoms with van der Waals surface area (Å²) in [7, 11) is 2.02. The van der Waals surface area contributed by atoms with Gasteiger partial charge < -0.3 is 0 Å². The minimum Gasteiger partial charge on any atom is -0.266 e. The molecule has 3 rings (SSSR count). The summed E-state index contributed by atoms with van der Waals surface area (Å²) in [6.07, 6.45) is 2.56. The van der Waals surface area contributed by atoms with Crippen LogP contribution in [-0.2, 0) is 7.05 Å². The first-order chi connectivity index (χ1) is 8.16. The highest BCUT2D eigenvalue weighted by molar-refractivity contribution is 9.10. The number of halogens is 1. The van der Waals surface area contributed by atoms with Gasteiger partial charge in [-0.3, -0.25) is 4.68 Å². The zero-order chi connectivity index (χ0) is 12.0. The summed E-state index contributed by atoms with van der Waals surface area (Å²) >= 11 is 3.71. The predicted molar refractivity (Wildman–Crippen MR) is 73.1 cm³/mol. The molecule has 1 aromatic carbocycles. The van der Waals surface area contributed by atoms with E-state index in [1.807, 2.05) is 11.7 Å². The van der Waals surface area contributed by atoms with Crippen molar-refractivity contribution in [2.24, 2.45) is 7.05 Å². The Labute approximate surface area is 110 Å². The van der Waals surface area contributed by atoms with Crippen molar-refractivity contribution in [3.8, 4) is 11.3 Å². The van der Waals surface area contributed by atoms with E-state index < -0.39 is 0 Å². The number of aryl methyl sites for hydroxylation is 2. The third-order valence-corrected chi connectivity index (χ3v) is 4.08. The highest BCUT2D eigenvalue weighted by Crippen LogP contribution is 2.45. The van der Waals surface area contributed by atoms with Gasteiger partial charge in [-0.05, 0) is 35.7 Å². The first-order valence-electron chi connectivity index (χ1n) is 5.96. The number of benzene rings is 1. The maximum absolute atomic E-state index is 4.64. The van der Waals surface area contributed by atoms with Gasteiger partial charge >= 0.3 is 0 Å². The van der Waals surface area contributed by atoms with Crippen LogP contribution in [-0.4, -0.2) is 9.78 Å². The standard InChI is InChI=1S/C14H15BrN2/c1-9-3-5-11(6-4-9)14-12(15)13(10-7-8-10)16-17(14)2/h3-6,10H,7-8H2,1-2H3. The van der Waals surface area contributed by atoms with E-state index in [1.165, 1.54) is 39.8 Å². The fourth-order valence-electron chi connectivity index (χ4n) is 2.16. The van der Waals surface area contributed by atoms with Crippen molar-refractivity contribution in [2.45, 2.75) is 25.7 Å². The maximum Gasteiger partial charge on any atom is 0.0824 e. The number of aromatic nitrogens is 2. The normalized spacial score (nSPS) is 15.2. The van der Waals surface area contributed by atoms with Crippen molar-refractivity contribution in [1.82, 2.24) is 9.78 Å². The van der Waals surface area contributed by atoms with E-state index in [2.05, 4.69) is 52.2 Å². The van der Waals surface area contributed by atoms with Crippen molar-refractivity contribution in [2.75, 3.05) is 0 Å². The van der Waals surface area contributed by atoms with Gasteiger partial charge in [0.2, 0.25) is 0 Å². The van der Waals surface area contributed by atoms with Gasteiger partial charge in [-0.2, -0.15) is 5.10 Å². The minimum atomic E-state index is 0.676. The first kappa shape index (κ1) is 11.0. The Bertz CT molecular complexity index is 550. The lowest BCUT2D eigenvalue weighted by Gasteiger charge is -2.03. The fraction of sp³-hybridized carbons (Fsp3) is 0.357. The second-order valence-electron chi connectivity index (χ2n) is 4.81. The van der Waals surface area contributed by atoms with E-state index in [0.717, 1.165) is 0 Å². The third-order valence-electron chi connectivity index (χ3n) is 3.30. The lowest BCUT2D eigenvalue weighted by molar-refractivity contribution is 0.750. The van der Waals surface area contributed by atoms with E-state index in [1.54, 1.807) is 0 Å². The van der Waals surface area contributed by atoms with Crippen LogP contribution in [0.3, 0.4) is 0 Å². The minimum absolute atomic E-state index is 0.676. The van der Waals surface area contributed by atoms with Crippen LogP contribution in [0.2, 0.25) is 0 Å². The van der Waals surface area contributed by atoms with Gasteiger partial charge in [0, 0.05) is 18.5 Å². The third kappa shape index (κ3) is 1.93. The molecular formula is C14H15BrN2. The Balaban J connectivity index is 2.10. The van der Waals surface area contributed by atoms with Crippen molar-refractivity contribution in [3.05, 3.63) is 40.0 Å². The molecule has 1 aromatic heterocycles. The second kappa shape index (κ2) is 3.98. The lowest BCUT2D eigenvalue weighted by Crippen LogP contribution is -1.94. The summed E-state index contributed by atoms with van der Waals surface area (Å²) in [4.78, 5) is 0. The zero-order valence-electron chi connectivity index (χ0n) is 10.1. The van der Waals surface area contributed by atoms with Crippen molar-refractivity contribution in [3.63, 3.8) is 0 Å². The molecule has 0 amide bonds. The quantitative estimate of drug-likeness (QED) is 0.816. The number of nitrogens with zero attached hydrogens (tertiary/aromatic N) is 2. The summed E-state index contributed by atoms with van der Waals surface area (Å²) in [5, 5.41) is 4.64. The van der Waals surface area contributed by atoms with Crippen molar-refractivity contribution in [1.29, 1.82) is 0 Å². The van der Waals surface area contributed by atoms with Gasteiger partial charge in [0.25, 0.3) is 0 Å². The average molecular weight is 291 g/mol. The first-order valence-corrected chi connectivity index (χ1v) is 6.75. The summed E-state index contributed by atoms with van der Waals surface area (Å²) in [6.45, 7) is 2.11. The molecule has 1 fully saturated rings. The van der Waals surface area contributed by atoms with Crippen LogP contribution < -0.4 is 0 Å². The molecule has 88 valence electrons. The Morgan fingerprint density at radius 3 is 2.47 bits per heavy atom. The maximum atomic E-state index is 4.64. The van der Waals surface area contributed by atoms with E-state index in [-0.39, 0.29) is 0 Å². The van der Waals surface area contributed by atoms with Crippen LogP contribution in [0.25, 0.3) is 11.3 Å². The molecule has 1 heterocycles. The molecule has 0 spiro atoms. The Morgan fingerprint density at radius 1 is 1.24 bits per heavy atom. The van der Waals surface area contributed by atoms with E-state index in [0.29, 0.717) is 5.92 Å². The number of hydrogen-bond donors (Lipinski definition) is 0. The predicted octanol–water partition coefficient (Wildman–Crippen LogP) is 4.04. The molecule has 0 N–H and O–H groups in total. The summed E-state index contributed by atoms with van der Waals surface area (Å²) in [5.74, 6) is 0.676. The number of rotatable bonds is 2. The Kier molecular flexibility index (Phi) is 2.58. The fourth-order valence-corrected chi connectivity index (χ4v) is 3.05. The molecule has 0 saturated heterocycles. The topological polar surface area (TPSA) is 17.8 Å². The molecule has 0 radical (unpaired) electrons. The smallest absolute Gasteiger partial charge is 0.0824 e. The van der Waals surface area contributed by atoms with Crippen LogP contribution in [0.15, 0.2) is 28.7 Å². The second-order valence-corrected chi connectivity index (χ2v) is 5.60. The van der Waals surface area contributed by atoms with Gasteiger partial charge in [-0.25, -0.2) is 0 Å². The van der Waals surface area contributed by atoms with Gasteiger partial charge in [0.1, 0.15) is 0 Å². The van der Waals surface area contributed by atoms with E-state index in [9.17, 15) is 0 Å². The van der Waals surface area contributed by atoms with Gasteiger partial charge in [-0.15, -0.1) is 0 Å². The SMILES string of the molecule is Cc1ccc(-c2c(Br)c(C3CC3)nn2C)cc1. The molecule has 2 nitrogen and oxygen atoms in total. The number of hydrogen-bond acceptors (Lipinski definition) is 1. The van der Waals surface area contributed by atoms with Gasteiger partial charge in [0.05, 0.1) is 15.9 Å². The molecule has 1 aliphatic carbocycles. The van der Waals surface area contributed by atoms with Crippen LogP contribution in [0.4, 0.5) is 0 Å². The molecule has 0 aliphatic heterocycles. The van der Waals surface area contributed by atoms with E-state index in [4.69, 9.17) is 0 Å². The van der Waals surface area contributed by atoms with Crippen LogP contribution in [0.5, 0.6) is 0 Å². The molecule has 0 bridgehead atoms. The monoisotopic (exact) mass is 290 g/mol. The molecule has 0 unspecified atom stereocenters. The average Bonchev–Trinajstić information content (AvgIpc) is 3.09. The summed E-state index contributed by atoms with van der Waals surface area (Å²) < 4.78 is 3.16. The molecule has 2 aromatic rings. The summed E-state index contributed by atoms with van der Waals surface area (Å²) in [6, 6.07) is 8.61. The molecule has 17 heavy (non-hydrogen) atoms. The molecule has 1 saturated carbocycles. The van der Waals surface area contributed by atoms with Crippen molar-refractivity contribution < 1.29 is 0 Å². The van der Waals surface area contributed by atoms with Crippen LogP contribution in [0, 0.1) is 6.92 Å².